The molecule has 0 aromatic carbocycles. The Labute approximate surface area is 84.1 Å². The minimum atomic E-state index is 0.353. The smallest absolute Gasteiger partial charge is 0.134 e. The Morgan fingerprint density at radius 2 is 2.36 bits per heavy atom. The van der Waals surface area contributed by atoms with E-state index < -0.39 is 0 Å². The van der Waals surface area contributed by atoms with Gasteiger partial charge in [-0.3, -0.25) is 4.79 Å². The van der Waals surface area contributed by atoms with Gasteiger partial charge in [0.25, 0.3) is 0 Å². The molecule has 14 heavy (non-hydrogen) atoms. The van der Waals surface area contributed by atoms with Gasteiger partial charge in [0.05, 0.1) is 12.0 Å². The molecule has 1 unspecified atom stereocenters. The average Bonchev–Trinajstić information content (AvgIpc) is 2.45. The molecule has 0 amide bonds. The second kappa shape index (κ2) is 3.95. The van der Waals surface area contributed by atoms with E-state index in [0.717, 1.165) is 31.4 Å². The molecule has 3 heteroatoms. The van der Waals surface area contributed by atoms with E-state index in [-0.39, 0.29) is 0 Å². The first kappa shape index (κ1) is 9.44. The summed E-state index contributed by atoms with van der Waals surface area (Å²) in [7, 11) is 0. The van der Waals surface area contributed by atoms with Crippen LogP contribution >= 0.6 is 0 Å². The fourth-order valence-corrected chi connectivity index (χ4v) is 2.06. The number of imidazole rings is 1. The number of hydrogen-bond acceptors (Lipinski definition) is 2. The van der Waals surface area contributed by atoms with Crippen LogP contribution in [0.1, 0.15) is 43.8 Å². The van der Waals surface area contributed by atoms with Crippen molar-refractivity contribution >= 4 is 5.78 Å². The molecule has 2 rings (SSSR count). The van der Waals surface area contributed by atoms with Crippen molar-refractivity contribution in [2.75, 3.05) is 0 Å². The van der Waals surface area contributed by atoms with E-state index in [2.05, 4.69) is 9.55 Å². The van der Waals surface area contributed by atoms with Gasteiger partial charge in [0.2, 0.25) is 0 Å². The van der Waals surface area contributed by atoms with Crippen molar-refractivity contribution in [3.05, 3.63) is 18.2 Å². The lowest BCUT2D eigenvalue weighted by molar-refractivity contribution is -0.119. The maximum Gasteiger partial charge on any atom is 0.134 e. The third-order valence-electron chi connectivity index (χ3n) is 2.86. The summed E-state index contributed by atoms with van der Waals surface area (Å²) in [5, 5.41) is 0. The number of aryl methyl sites for hydroxylation is 1. The molecule has 0 radical (unpaired) electrons. The number of Topliss-reactive ketones (excluding diaryl/α,β-unsaturated/α-hetero) is 1. The zero-order valence-electron chi connectivity index (χ0n) is 8.57. The van der Waals surface area contributed by atoms with Crippen LogP contribution < -0.4 is 0 Å². The molecule has 1 atom stereocenters. The molecule has 1 saturated carbocycles. The summed E-state index contributed by atoms with van der Waals surface area (Å²) < 4.78 is 2.10. The van der Waals surface area contributed by atoms with Crippen molar-refractivity contribution in [1.82, 2.24) is 9.55 Å². The van der Waals surface area contributed by atoms with Crippen molar-refractivity contribution in [3.63, 3.8) is 0 Å². The van der Waals surface area contributed by atoms with Gasteiger partial charge in [0.1, 0.15) is 5.78 Å². The summed E-state index contributed by atoms with van der Waals surface area (Å²) >= 11 is 0. The number of aromatic nitrogens is 2. The first-order chi connectivity index (χ1) is 6.75. The lowest BCUT2D eigenvalue weighted by Crippen LogP contribution is -2.09. The predicted octanol–water partition coefficient (Wildman–Crippen LogP) is 2.27. The molecule has 1 fully saturated rings. The fraction of sp³-hybridized carbons (Fsp3) is 0.636. The van der Waals surface area contributed by atoms with Crippen molar-refractivity contribution in [2.45, 2.75) is 45.1 Å². The molecule has 1 aliphatic rings. The van der Waals surface area contributed by atoms with Gasteiger partial charge in [-0.1, -0.05) is 6.42 Å². The maximum atomic E-state index is 11.4. The van der Waals surface area contributed by atoms with Crippen LogP contribution in [0.5, 0.6) is 0 Å². The third kappa shape index (κ3) is 2.03. The molecule has 0 N–H and O–H groups in total. The Hall–Kier alpha value is -1.12. The van der Waals surface area contributed by atoms with Crippen LogP contribution in [0.3, 0.4) is 0 Å². The van der Waals surface area contributed by atoms with Gasteiger partial charge in [-0.2, -0.15) is 0 Å². The summed E-state index contributed by atoms with van der Waals surface area (Å²) in [6.07, 6.45) is 8.67. The van der Waals surface area contributed by atoms with Crippen LogP contribution in [0, 0.1) is 6.92 Å². The Bertz CT molecular complexity index is 330. The van der Waals surface area contributed by atoms with E-state index in [4.69, 9.17) is 0 Å². The summed E-state index contributed by atoms with van der Waals surface area (Å²) in [4.78, 5) is 15.6. The number of ketones is 1. The maximum absolute atomic E-state index is 11.4. The van der Waals surface area contributed by atoms with Gasteiger partial charge in [-0.25, -0.2) is 4.98 Å². The van der Waals surface area contributed by atoms with Crippen molar-refractivity contribution in [3.8, 4) is 0 Å². The second-order valence-corrected chi connectivity index (χ2v) is 4.10. The molecule has 0 aliphatic heterocycles. The molecule has 0 saturated heterocycles. The summed E-state index contributed by atoms with van der Waals surface area (Å²) in [6, 6.07) is 0.353. The van der Waals surface area contributed by atoms with Crippen LogP contribution in [0.25, 0.3) is 0 Å². The highest BCUT2D eigenvalue weighted by molar-refractivity contribution is 5.79. The van der Waals surface area contributed by atoms with Gasteiger partial charge in [-0.15, -0.1) is 0 Å². The molecule has 1 aromatic heterocycles. The van der Waals surface area contributed by atoms with Crippen molar-refractivity contribution < 1.29 is 4.79 Å². The largest absolute Gasteiger partial charge is 0.334 e. The number of rotatable bonds is 1. The second-order valence-electron chi connectivity index (χ2n) is 4.10. The highest BCUT2D eigenvalue weighted by Gasteiger charge is 2.18. The van der Waals surface area contributed by atoms with Crippen molar-refractivity contribution in [2.24, 2.45) is 0 Å². The number of carbonyl (C=O) groups excluding carboxylic acids is 1. The molecule has 1 aromatic rings. The molecular formula is C11H16N2O. The first-order valence-electron chi connectivity index (χ1n) is 5.27. The van der Waals surface area contributed by atoms with Gasteiger partial charge >= 0.3 is 0 Å². The first-order valence-corrected chi connectivity index (χ1v) is 5.27. The SMILES string of the molecule is Cc1cn(C2CCCCC(=O)C2)cn1. The summed E-state index contributed by atoms with van der Waals surface area (Å²) in [5.41, 5.74) is 1.03. The Morgan fingerprint density at radius 1 is 1.50 bits per heavy atom. The quantitative estimate of drug-likeness (QED) is 0.640. The van der Waals surface area contributed by atoms with E-state index in [1.54, 1.807) is 0 Å². The van der Waals surface area contributed by atoms with Crippen LogP contribution in [0.15, 0.2) is 12.5 Å². The molecule has 0 spiro atoms. The fourth-order valence-electron chi connectivity index (χ4n) is 2.06. The van der Waals surface area contributed by atoms with Crippen LogP contribution in [-0.2, 0) is 4.79 Å². The van der Waals surface area contributed by atoms with Gasteiger partial charge in [0, 0.05) is 25.1 Å². The monoisotopic (exact) mass is 192 g/mol. The molecule has 76 valence electrons. The lowest BCUT2D eigenvalue weighted by atomic mass is 10.1. The van der Waals surface area contributed by atoms with E-state index in [0.29, 0.717) is 18.2 Å². The average molecular weight is 192 g/mol. The summed E-state index contributed by atoms with van der Waals surface area (Å²) in [6.45, 7) is 1.98. The number of hydrogen-bond donors (Lipinski definition) is 0. The lowest BCUT2D eigenvalue weighted by Gasteiger charge is -2.14. The molecule has 1 aliphatic carbocycles. The van der Waals surface area contributed by atoms with Gasteiger partial charge in [-0.05, 0) is 19.8 Å². The van der Waals surface area contributed by atoms with E-state index in [1.807, 2.05) is 19.4 Å². The van der Waals surface area contributed by atoms with E-state index >= 15 is 0 Å². The van der Waals surface area contributed by atoms with Gasteiger partial charge in [0.15, 0.2) is 0 Å². The summed E-state index contributed by atoms with van der Waals surface area (Å²) in [5.74, 6) is 0.402. The Kier molecular flexibility index (Phi) is 2.66. The molecule has 3 nitrogen and oxygen atoms in total. The topological polar surface area (TPSA) is 34.9 Å². The minimum Gasteiger partial charge on any atom is -0.334 e. The zero-order chi connectivity index (χ0) is 9.97. The Balaban J connectivity index is 2.12. The van der Waals surface area contributed by atoms with Crippen LogP contribution in [-0.4, -0.2) is 15.3 Å². The Morgan fingerprint density at radius 3 is 3.07 bits per heavy atom. The highest BCUT2D eigenvalue weighted by Crippen LogP contribution is 2.25. The molecule has 0 bridgehead atoms. The molecular weight excluding hydrogens is 176 g/mol. The number of nitrogens with zero attached hydrogens (tertiary/aromatic N) is 2. The highest BCUT2D eigenvalue weighted by atomic mass is 16.1. The van der Waals surface area contributed by atoms with Gasteiger partial charge < -0.3 is 4.57 Å². The van der Waals surface area contributed by atoms with Crippen LogP contribution in [0.4, 0.5) is 0 Å². The standard InChI is InChI=1S/C11H16N2O/c1-9-7-13(8-12-9)10-4-2-3-5-11(14)6-10/h7-8,10H,2-6H2,1H3. The van der Waals surface area contributed by atoms with E-state index in [1.165, 1.54) is 0 Å². The van der Waals surface area contributed by atoms with E-state index in [9.17, 15) is 4.79 Å². The van der Waals surface area contributed by atoms with Crippen molar-refractivity contribution in [1.29, 1.82) is 0 Å². The third-order valence-corrected chi connectivity index (χ3v) is 2.86. The molecule has 1 heterocycles. The zero-order valence-corrected chi connectivity index (χ0v) is 8.57. The predicted molar refractivity (Wildman–Crippen MR) is 54.1 cm³/mol. The minimum absolute atomic E-state index is 0.353. The normalized spacial score (nSPS) is 23.5. The number of carbonyl (C=O) groups is 1. The van der Waals surface area contributed by atoms with Crippen LogP contribution in [0.2, 0.25) is 0 Å².